The minimum atomic E-state index is -3.89. The van der Waals surface area contributed by atoms with Crippen molar-refractivity contribution in [2.24, 2.45) is 0 Å². The van der Waals surface area contributed by atoms with Crippen molar-refractivity contribution in [1.29, 1.82) is 0 Å². The Morgan fingerprint density at radius 2 is 1.47 bits per heavy atom. The Bertz CT molecular complexity index is 1650. The molecule has 4 aromatic carbocycles. The molecule has 0 aliphatic carbocycles. The van der Waals surface area contributed by atoms with E-state index in [2.05, 4.69) is 5.32 Å². The van der Waals surface area contributed by atoms with E-state index in [-0.39, 0.29) is 18.9 Å². The Kier molecular flexibility index (Phi) is 12.0. The Morgan fingerprint density at radius 1 is 0.844 bits per heavy atom. The number of halogens is 1. The lowest BCUT2D eigenvalue weighted by Gasteiger charge is -2.33. The van der Waals surface area contributed by atoms with Gasteiger partial charge in [0.25, 0.3) is 0 Å². The van der Waals surface area contributed by atoms with Crippen LogP contribution in [0, 0.1) is 0 Å². The van der Waals surface area contributed by atoms with Gasteiger partial charge in [-0.05, 0) is 59.5 Å². The fourth-order valence-corrected chi connectivity index (χ4v) is 5.88. The van der Waals surface area contributed by atoms with E-state index in [0.717, 1.165) is 28.1 Å². The average molecular weight is 648 g/mol. The SMILES string of the molecule is CCCNC(=O)[C@H](Cc1ccccc1)N(Cc1cccc(Cl)c1)C(=O)CN(c1ccc(OCc2ccccc2)cc1)S(C)(=O)=O. The third kappa shape index (κ3) is 10.1. The zero-order valence-electron chi connectivity index (χ0n) is 25.4. The van der Waals surface area contributed by atoms with Crippen molar-refractivity contribution in [3.05, 3.63) is 131 Å². The Balaban J connectivity index is 1.63. The molecule has 10 heteroatoms. The maximum Gasteiger partial charge on any atom is 0.244 e. The molecule has 0 unspecified atom stereocenters. The maximum absolute atomic E-state index is 14.2. The molecule has 4 rings (SSSR count). The number of carbonyl (C=O) groups is 2. The molecular formula is C35H38ClN3O5S. The smallest absolute Gasteiger partial charge is 0.244 e. The highest BCUT2D eigenvalue weighted by Gasteiger charge is 2.33. The molecule has 0 fully saturated rings. The highest BCUT2D eigenvalue weighted by Crippen LogP contribution is 2.24. The standard InChI is InChI=1S/C35H38ClN3O5S/c1-3-21-37-35(41)33(23-27-11-6-4-7-12-27)38(24-29-15-10-16-30(36)22-29)34(40)25-39(45(2,42)43)31-17-19-32(20-18-31)44-26-28-13-8-5-9-14-28/h4-20,22,33H,3,21,23-26H2,1-2H3,(H,37,41)/t33-/m0/s1. The van der Waals surface area contributed by atoms with Gasteiger partial charge >= 0.3 is 0 Å². The quantitative estimate of drug-likeness (QED) is 0.175. The molecule has 0 radical (unpaired) electrons. The third-order valence-electron chi connectivity index (χ3n) is 7.11. The minimum Gasteiger partial charge on any atom is -0.489 e. The van der Waals surface area contributed by atoms with Crippen LogP contribution in [0.2, 0.25) is 5.02 Å². The van der Waals surface area contributed by atoms with Crippen molar-refractivity contribution in [2.75, 3.05) is 23.7 Å². The molecular weight excluding hydrogens is 610 g/mol. The first kappa shape index (κ1) is 33.6. The van der Waals surface area contributed by atoms with Gasteiger partial charge in [0, 0.05) is 24.5 Å². The first-order chi connectivity index (χ1) is 21.6. The van der Waals surface area contributed by atoms with Crippen molar-refractivity contribution in [1.82, 2.24) is 10.2 Å². The molecule has 0 bridgehead atoms. The zero-order chi connectivity index (χ0) is 32.2. The van der Waals surface area contributed by atoms with E-state index in [1.807, 2.05) is 73.7 Å². The lowest BCUT2D eigenvalue weighted by molar-refractivity contribution is -0.140. The van der Waals surface area contributed by atoms with Gasteiger partial charge in [0.05, 0.1) is 11.9 Å². The van der Waals surface area contributed by atoms with E-state index < -0.39 is 28.5 Å². The highest BCUT2D eigenvalue weighted by atomic mass is 35.5. The summed E-state index contributed by atoms with van der Waals surface area (Å²) in [6, 6.07) is 31.8. The molecule has 0 aromatic heterocycles. The molecule has 0 heterocycles. The number of rotatable bonds is 15. The highest BCUT2D eigenvalue weighted by molar-refractivity contribution is 7.92. The van der Waals surface area contributed by atoms with E-state index in [4.69, 9.17) is 16.3 Å². The summed E-state index contributed by atoms with van der Waals surface area (Å²) < 4.78 is 33.0. The molecule has 2 amide bonds. The van der Waals surface area contributed by atoms with Crippen LogP contribution in [0.25, 0.3) is 0 Å². The molecule has 1 N–H and O–H groups in total. The predicted molar refractivity (Wildman–Crippen MR) is 179 cm³/mol. The van der Waals surface area contributed by atoms with Crippen LogP contribution >= 0.6 is 11.6 Å². The van der Waals surface area contributed by atoms with Crippen LogP contribution in [-0.4, -0.2) is 50.5 Å². The molecule has 1 atom stereocenters. The lowest BCUT2D eigenvalue weighted by Crippen LogP contribution is -2.53. The third-order valence-corrected chi connectivity index (χ3v) is 8.49. The molecule has 0 spiro atoms. The van der Waals surface area contributed by atoms with Crippen LogP contribution in [-0.2, 0) is 39.2 Å². The van der Waals surface area contributed by atoms with Gasteiger partial charge < -0.3 is 15.0 Å². The van der Waals surface area contributed by atoms with Crippen LogP contribution in [0.5, 0.6) is 5.75 Å². The van der Waals surface area contributed by atoms with Crippen molar-refractivity contribution in [3.8, 4) is 5.75 Å². The van der Waals surface area contributed by atoms with E-state index >= 15 is 0 Å². The van der Waals surface area contributed by atoms with E-state index in [0.29, 0.717) is 35.2 Å². The van der Waals surface area contributed by atoms with Gasteiger partial charge in [0.2, 0.25) is 21.8 Å². The second-order valence-corrected chi connectivity index (χ2v) is 13.0. The minimum absolute atomic E-state index is 0.0559. The van der Waals surface area contributed by atoms with Crippen molar-refractivity contribution in [2.45, 2.75) is 39.0 Å². The number of nitrogens with zero attached hydrogens (tertiary/aromatic N) is 2. The van der Waals surface area contributed by atoms with Crippen LogP contribution in [0.15, 0.2) is 109 Å². The number of hydrogen-bond acceptors (Lipinski definition) is 5. The molecule has 0 saturated carbocycles. The summed E-state index contributed by atoms with van der Waals surface area (Å²) in [7, 11) is -3.89. The average Bonchev–Trinajstić information content (AvgIpc) is 3.04. The van der Waals surface area contributed by atoms with Gasteiger partial charge in [-0.25, -0.2) is 8.42 Å². The number of ether oxygens (including phenoxy) is 1. The first-order valence-corrected chi connectivity index (χ1v) is 17.0. The molecule has 4 aromatic rings. The normalized spacial score (nSPS) is 11.8. The topological polar surface area (TPSA) is 96.0 Å². The fourth-order valence-electron chi connectivity index (χ4n) is 4.82. The van der Waals surface area contributed by atoms with Crippen LogP contribution in [0.4, 0.5) is 5.69 Å². The Hall–Kier alpha value is -4.34. The van der Waals surface area contributed by atoms with Crippen LogP contribution in [0.1, 0.15) is 30.0 Å². The molecule has 0 aliphatic rings. The van der Waals surface area contributed by atoms with E-state index in [1.54, 1.807) is 42.5 Å². The molecule has 45 heavy (non-hydrogen) atoms. The number of benzene rings is 4. The summed E-state index contributed by atoms with van der Waals surface area (Å²) >= 11 is 6.26. The van der Waals surface area contributed by atoms with Crippen molar-refractivity contribution in [3.63, 3.8) is 0 Å². The maximum atomic E-state index is 14.2. The summed E-state index contributed by atoms with van der Waals surface area (Å²) in [6.07, 6.45) is 2.02. The van der Waals surface area contributed by atoms with E-state index in [1.165, 1.54) is 4.90 Å². The molecule has 0 saturated heterocycles. The van der Waals surface area contributed by atoms with Gasteiger partial charge in [-0.15, -0.1) is 0 Å². The number of hydrogen-bond donors (Lipinski definition) is 1. The summed E-state index contributed by atoms with van der Waals surface area (Å²) in [6.45, 7) is 2.30. The number of sulfonamides is 1. The van der Waals surface area contributed by atoms with Gasteiger partial charge in [-0.2, -0.15) is 0 Å². The predicted octanol–water partition coefficient (Wildman–Crippen LogP) is 5.85. The number of nitrogens with one attached hydrogen (secondary N) is 1. The second-order valence-electron chi connectivity index (χ2n) is 10.7. The fraction of sp³-hybridized carbons (Fsp3) is 0.257. The monoisotopic (exact) mass is 647 g/mol. The Labute approximate surface area is 270 Å². The summed E-state index contributed by atoms with van der Waals surface area (Å²) in [4.78, 5) is 29.2. The number of carbonyl (C=O) groups excluding carboxylic acids is 2. The second kappa shape index (κ2) is 16.1. The van der Waals surface area contributed by atoms with Crippen molar-refractivity contribution < 1.29 is 22.7 Å². The summed E-state index contributed by atoms with van der Waals surface area (Å²) in [5.74, 6) is -0.292. The number of anilines is 1. The van der Waals surface area contributed by atoms with Crippen LogP contribution in [0.3, 0.4) is 0 Å². The molecule has 236 valence electrons. The van der Waals surface area contributed by atoms with Crippen molar-refractivity contribution >= 4 is 39.1 Å². The zero-order valence-corrected chi connectivity index (χ0v) is 27.0. The first-order valence-electron chi connectivity index (χ1n) is 14.7. The Morgan fingerprint density at radius 3 is 2.07 bits per heavy atom. The van der Waals surface area contributed by atoms with Gasteiger partial charge in [0.15, 0.2) is 0 Å². The van der Waals surface area contributed by atoms with Crippen LogP contribution < -0.4 is 14.4 Å². The van der Waals surface area contributed by atoms with Gasteiger partial charge in [0.1, 0.15) is 24.9 Å². The van der Waals surface area contributed by atoms with Gasteiger partial charge in [-0.1, -0.05) is 91.3 Å². The molecule has 0 aliphatic heterocycles. The van der Waals surface area contributed by atoms with E-state index in [9.17, 15) is 18.0 Å². The number of amides is 2. The summed E-state index contributed by atoms with van der Waals surface area (Å²) in [5.41, 5.74) is 2.88. The molecule has 8 nitrogen and oxygen atoms in total. The lowest BCUT2D eigenvalue weighted by atomic mass is 10.0. The van der Waals surface area contributed by atoms with Gasteiger partial charge in [-0.3, -0.25) is 13.9 Å². The summed E-state index contributed by atoms with van der Waals surface area (Å²) in [5, 5.41) is 3.41. The largest absolute Gasteiger partial charge is 0.489 e.